The van der Waals surface area contributed by atoms with E-state index >= 15 is 0 Å². The molecule has 3 rings (SSSR count). The smallest absolute Gasteiger partial charge is 0.339 e. The Morgan fingerprint density at radius 2 is 2.30 bits per heavy atom. The predicted molar refractivity (Wildman–Crippen MR) is 80.4 cm³/mol. The Hall–Kier alpha value is -1.46. The monoisotopic (exact) mass is 291 g/mol. The third kappa shape index (κ3) is 2.69. The zero-order chi connectivity index (χ0) is 13.9. The van der Waals surface area contributed by atoms with E-state index in [1.807, 2.05) is 30.0 Å². The van der Waals surface area contributed by atoms with E-state index in [1.165, 1.54) is 12.2 Å². The molecule has 4 nitrogen and oxygen atoms in total. The van der Waals surface area contributed by atoms with Crippen molar-refractivity contribution in [3.63, 3.8) is 0 Å². The van der Waals surface area contributed by atoms with Crippen molar-refractivity contribution in [2.45, 2.75) is 25.4 Å². The summed E-state index contributed by atoms with van der Waals surface area (Å²) in [6.07, 6.45) is 2.36. The third-order valence-electron chi connectivity index (χ3n) is 3.59. The van der Waals surface area contributed by atoms with E-state index < -0.39 is 5.97 Å². The maximum absolute atomic E-state index is 11.5. The zero-order valence-electron chi connectivity index (χ0n) is 11.1. The number of thioether (sulfide) groups is 1. The summed E-state index contributed by atoms with van der Waals surface area (Å²) >= 11 is 1.94. The SMILES string of the molecule is O=C(O)c1c(CNC2CCCSC2)oc2ccccc12. The summed E-state index contributed by atoms with van der Waals surface area (Å²) in [6.45, 7) is 0.474. The highest BCUT2D eigenvalue weighted by Gasteiger charge is 2.21. The summed E-state index contributed by atoms with van der Waals surface area (Å²) in [4.78, 5) is 11.5. The molecule has 5 heteroatoms. The largest absolute Gasteiger partial charge is 0.478 e. The molecule has 106 valence electrons. The van der Waals surface area contributed by atoms with E-state index in [2.05, 4.69) is 5.32 Å². The molecular weight excluding hydrogens is 274 g/mol. The molecule has 0 saturated carbocycles. The normalized spacial score (nSPS) is 19.3. The molecular formula is C15H17NO3S. The topological polar surface area (TPSA) is 62.5 Å². The maximum atomic E-state index is 11.5. The highest BCUT2D eigenvalue weighted by molar-refractivity contribution is 7.99. The minimum atomic E-state index is -0.926. The van der Waals surface area contributed by atoms with Gasteiger partial charge < -0.3 is 14.8 Å². The second kappa shape index (κ2) is 5.89. The summed E-state index contributed by atoms with van der Waals surface area (Å²) in [6, 6.07) is 7.74. The van der Waals surface area contributed by atoms with Crippen LogP contribution in [0.3, 0.4) is 0 Å². The van der Waals surface area contributed by atoms with Gasteiger partial charge >= 0.3 is 5.97 Å². The molecule has 2 heterocycles. The lowest BCUT2D eigenvalue weighted by molar-refractivity contribution is 0.0696. The van der Waals surface area contributed by atoms with Crippen LogP contribution in [0.1, 0.15) is 29.0 Å². The van der Waals surface area contributed by atoms with Crippen molar-refractivity contribution in [1.29, 1.82) is 0 Å². The Balaban J connectivity index is 1.82. The van der Waals surface area contributed by atoms with Crippen LogP contribution >= 0.6 is 11.8 Å². The van der Waals surface area contributed by atoms with Gasteiger partial charge in [-0.05, 0) is 24.7 Å². The number of fused-ring (bicyclic) bond motifs is 1. The summed E-state index contributed by atoms with van der Waals surface area (Å²) in [5.74, 6) is 1.91. The number of hydrogen-bond donors (Lipinski definition) is 2. The van der Waals surface area contributed by atoms with Crippen LogP contribution in [-0.4, -0.2) is 28.6 Å². The molecule has 1 aliphatic rings. The van der Waals surface area contributed by atoms with E-state index in [1.54, 1.807) is 6.07 Å². The van der Waals surface area contributed by atoms with E-state index in [9.17, 15) is 9.90 Å². The zero-order valence-corrected chi connectivity index (χ0v) is 11.9. The van der Waals surface area contributed by atoms with Gasteiger partial charge in [0.2, 0.25) is 0 Å². The van der Waals surface area contributed by atoms with Gasteiger partial charge in [0.05, 0.1) is 6.54 Å². The summed E-state index contributed by atoms with van der Waals surface area (Å²) < 4.78 is 5.70. The van der Waals surface area contributed by atoms with Gasteiger partial charge in [-0.2, -0.15) is 11.8 Å². The maximum Gasteiger partial charge on any atom is 0.339 e. The van der Waals surface area contributed by atoms with Gasteiger partial charge in [-0.1, -0.05) is 18.2 Å². The van der Waals surface area contributed by atoms with Gasteiger partial charge in [0.25, 0.3) is 0 Å². The first kappa shape index (κ1) is 13.5. The Kier molecular flexibility index (Phi) is 3.98. The first-order valence-electron chi connectivity index (χ1n) is 6.80. The molecule has 0 aliphatic carbocycles. The average Bonchev–Trinajstić information content (AvgIpc) is 2.84. The number of nitrogens with one attached hydrogen (secondary N) is 1. The van der Waals surface area contributed by atoms with Gasteiger partial charge in [0.1, 0.15) is 16.9 Å². The van der Waals surface area contributed by atoms with Crippen LogP contribution in [0.15, 0.2) is 28.7 Å². The molecule has 1 aromatic carbocycles. The molecule has 1 saturated heterocycles. The molecule has 20 heavy (non-hydrogen) atoms. The Bertz CT molecular complexity index is 617. The van der Waals surface area contributed by atoms with Crippen molar-refractivity contribution in [3.8, 4) is 0 Å². The van der Waals surface area contributed by atoms with Gasteiger partial charge in [0, 0.05) is 17.2 Å². The van der Waals surface area contributed by atoms with Crippen LogP contribution in [0, 0.1) is 0 Å². The number of furan rings is 1. The Morgan fingerprint density at radius 3 is 3.05 bits per heavy atom. The molecule has 2 aromatic rings. The van der Waals surface area contributed by atoms with Crippen LogP contribution in [0.5, 0.6) is 0 Å². The van der Waals surface area contributed by atoms with Crippen molar-refractivity contribution >= 4 is 28.7 Å². The van der Waals surface area contributed by atoms with E-state index in [4.69, 9.17) is 4.42 Å². The molecule has 1 atom stereocenters. The highest BCUT2D eigenvalue weighted by atomic mass is 32.2. The number of aromatic carboxylic acids is 1. The fraction of sp³-hybridized carbons (Fsp3) is 0.400. The summed E-state index contributed by atoms with van der Waals surface area (Å²) in [7, 11) is 0. The average molecular weight is 291 g/mol. The predicted octanol–water partition coefficient (Wildman–Crippen LogP) is 3.12. The highest BCUT2D eigenvalue weighted by Crippen LogP contribution is 2.26. The van der Waals surface area contributed by atoms with E-state index in [0.717, 1.165) is 12.2 Å². The fourth-order valence-electron chi connectivity index (χ4n) is 2.59. The van der Waals surface area contributed by atoms with E-state index in [0.29, 0.717) is 29.3 Å². The van der Waals surface area contributed by atoms with E-state index in [-0.39, 0.29) is 5.56 Å². The van der Waals surface area contributed by atoms with Gasteiger partial charge in [-0.3, -0.25) is 0 Å². The molecule has 0 radical (unpaired) electrons. The van der Waals surface area contributed by atoms with Crippen molar-refractivity contribution in [3.05, 3.63) is 35.6 Å². The molecule has 2 N–H and O–H groups in total. The number of rotatable bonds is 4. The van der Waals surface area contributed by atoms with Gasteiger partial charge in [-0.15, -0.1) is 0 Å². The van der Waals surface area contributed by atoms with Crippen LogP contribution < -0.4 is 5.32 Å². The molecule has 1 aliphatic heterocycles. The Labute approximate surface area is 121 Å². The van der Waals surface area contributed by atoms with Crippen LogP contribution in [-0.2, 0) is 6.54 Å². The second-order valence-electron chi connectivity index (χ2n) is 5.00. The number of benzene rings is 1. The number of para-hydroxylation sites is 1. The number of carboxylic acid groups (broad SMARTS) is 1. The third-order valence-corrected chi connectivity index (χ3v) is 4.81. The molecule has 0 spiro atoms. The van der Waals surface area contributed by atoms with Crippen molar-refractivity contribution in [2.24, 2.45) is 0 Å². The number of hydrogen-bond acceptors (Lipinski definition) is 4. The number of carbonyl (C=O) groups is 1. The van der Waals surface area contributed by atoms with Gasteiger partial charge in [0.15, 0.2) is 0 Å². The first-order chi connectivity index (χ1) is 9.75. The molecule has 0 amide bonds. The lowest BCUT2D eigenvalue weighted by Gasteiger charge is -2.22. The van der Waals surface area contributed by atoms with Gasteiger partial charge in [-0.25, -0.2) is 4.79 Å². The first-order valence-corrected chi connectivity index (χ1v) is 7.96. The summed E-state index contributed by atoms with van der Waals surface area (Å²) in [5.41, 5.74) is 0.927. The van der Waals surface area contributed by atoms with Crippen LogP contribution in [0.4, 0.5) is 0 Å². The Morgan fingerprint density at radius 1 is 1.45 bits per heavy atom. The standard InChI is InChI=1S/C15H17NO3S/c17-15(18)14-11-5-1-2-6-12(11)19-13(14)8-16-10-4-3-7-20-9-10/h1-2,5-6,10,16H,3-4,7-9H2,(H,17,18). The molecule has 1 unspecified atom stereocenters. The summed E-state index contributed by atoms with van der Waals surface area (Å²) in [5, 5.41) is 13.5. The van der Waals surface area contributed by atoms with Crippen LogP contribution in [0.25, 0.3) is 11.0 Å². The van der Waals surface area contributed by atoms with Crippen molar-refractivity contribution < 1.29 is 14.3 Å². The van der Waals surface area contributed by atoms with Crippen LogP contribution in [0.2, 0.25) is 0 Å². The van der Waals surface area contributed by atoms with Crippen molar-refractivity contribution in [2.75, 3.05) is 11.5 Å². The minimum Gasteiger partial charge on any atom is -0.478 e. The lowest BCUT2D eigenvalue weighted by atomic mass is 10.1. The fourth-order valence-corrected chi connectivity index (χ4v) is 3.70. The molecule has 1 aromatic heterocycles. The minimum absolute atomic E-state index is 0.288. The molecule has 1 fully saturated rings. The molecule has 0 bridgehead atoms. The number of carboxylic acids is 1. The van der Waals surface area contributed by atoms with Crippen molar-refractivity contribution in [1.82, 2.24) is 5.32 Å². The second-order valence-corrected chi connectivity index (χ2v) is 6.15. The quantitative estimate of drug-likeness (QED) is 0.906. The lowest BCUT2D eigenvalue weighted by Crippen LogP contribution is -2.33.